The molecule has 0 aliphatic rings. The van der Waals surface area contributed by atoms with Crippen molar-refractivity contribution in [2.24, 2.45) is 0 Å². The molecule has 0 unspecified atom stereocenters. The first-order valence-corrected chi connectivity index (χ1v) is 6.54. The van der Waals surface area contributed by atoms with Crippen molar-refractivity contribution in [1.29, 1.82) is 5.26 Å². The molecule has 0 amide bonds. The quantitative estimate of drug-likeness (QED) is 0.775. The van der Waals surface area contributed by atoms with Gasteiger partial charge in [0.1, 0.15) is 6.26 Å². The lowest BCUT2D eigenvalue weighted by molar-refractivity contribution is 0.572. The first-order valence-electron chi connectivity index (χ1n) is 5.31. The van der Waals surface area contributed by atoms with Gasteiger partial charge in [0.15, 0.2) is 0 Å². The molecule has 0 bridgehead atoms. The summed E-state index contributed by atoms with van der Waals surface area (Å²) in [5.41, 5.74) is 2.64. The Labute approximate surface area is 104 Å². The van der Waals surface area contributed by atoms with Gasteiger partial charge in [0.05, 0.1) is 23.4 Å². The fraction of sp³-hybridized carbons (Fsp3) is 0.231. The molecular formula is C13H12N2OS. The van der Waals surface area contributed by atoms with Gasteiger partial charge in [-0.05, 0) is 30.4 Å². The van der Waals surface area contributed by atoms with E-state index in [1.807, 2.05) is 25.3 Å². The maximum absolute atomic E-state index is 9.13. The molecule has 2 aromatic rings. The van der Waals surface area contributed by atoms with Crippen molar-refractivity contribution in [3.8, 4) is 17.5 Å². The van der Waals surface area contributed by atoms with Gasteiger partial charge in [0, 0.05) is 4.90 Å². The molecule has 0 radical (unpaired) electrons. The summed E-state index contributed by atoms with van der Waals surface area (Å²) in [5, 5.41) is 9.13. The second kappa shape index (κ2) is 5.07. The Hall–Kier alpha value is -1.73. The molecule has 86 valence electrons. The average Bonchev–Trinajstić information content (AvgIpc) is 2.90. The Morgan fingerprint density at radius 3 is 2.82 bits per heavy atom. The Balaban J connectivity index is 2.73. The SMILES string of the molecule is CCc1c(C#N)ccc(SC)c1-c1ncco1. The number of hydrogen-bond donors (Lipinski definition) is 0. The zero-order valence-electron chi connectivity index (χ0n) is 9.73. The van der Waals surface area contributed by atoms with Crippen LogP contribution in [0.3, 0.4) is 0 Å². The van der Waals surface area contributed by atoms with E-state index in [0.717, 1.165) is 22.4 Å². The fourth-order valence-corrected chi connectivity index (χ4v) is 2.47. The highest BCUT2D eigenvalue weighted by Gasteiger charge is 2.16. The van der Waals surface area contributed by atoms with Gasteiger partial charge in [0.2, 0.25) is 5.89 Å². The van der Waals surface area contributed by atoms with Crippen molar-refractivity contribution < 1.29 is 4.42 Å². The molecule has 0 aliphatic carbocycles. The number of hydrogen-bond acceptors (Lipinski definition) is 4. The third kappa shape index (κ3) is 2.06. The lowest BCUT2D eigenvalue weighted by atomic mass is 9.99. The number of benzene rings is 1. The molecule has 0 saturated carbocycles. The lowest BCUT2D eigenvalue weighted by Gasteiger charge is -2.10. The fourth-order valence-electron chi connectivity index (χ4n) is 1.85. The van der Waals surface area contributed by atoms with Gasteiger partial charge in [-0.2, -0.15) is 5.26 Å². The van der Waals surface area contributed by atoms with E-state index >= 15 is 0 Å². The van der Waals surface area contributed by atoms with Crippen LogP contribution < -0.4 is 0 Å². The van der Waals surface area contributed by atoms with Crippen LogP contribution in [0.5, 0.6) is 0 Å². The molecule has 0 spiro atoms. The molecule has 1 aromatic carbocycles. The van der Waals surface area contributed by atoms with E-state index in [-0.39, 0.29) is 0 Å². The van der Waals surface area contributed by atoms with E-state index in [4.69, 9.17) is 9.68 Å². The zero-order valence-corrected chi connectivity index (χ0v) is 10.5. The molecule has 1 heterocycles. The Morgan fingerprint density at radius 1 is 1.47 bits per heavy atom. The summed E-state index contributed by atoms with van der Waals surface area (Å²) < 4.78 is 5.37. The second-order valence-corrected chi connectivity index (χ2v) is 4.32. The van der Waals surface area contributed by atoms with Crippen molar-refractivity contribution in [1.82, 2.24) is 4.98 Å². The normalized spacial score (nSPS) is 10.2. The summed E-state index contributed by atoms with van der Waals surface area (Å²) >= 11 is 1.63. The third-order valence-corrected chi connectivity index (χ3v) is 3.39. The molecule has 0 atom stereocenters. The van der Waals surface area contributed by atoms with Gasteiger partial charge in [-0.1, -0.05) is 6.92 Å². The first kappa shape index (κ1) is 11.7. The molecule has 0 N–H and O–H groups in total. The summed E-state index contributed by atoms with van der Waals surface area (Å²) in [4.78, 5) is 5.28. The standard InChI is InChI=1S/C13H12N2OS/c1-3-10-9(8-14)4-5-11(17-2)12(10)13-15-6-7-16-13/h4-7H,3H2,1-2H3. The minimum Gasteiger partial charge on any atom is -0.444 e. The van der Waals surface area contributed by atoms with Crippen LogP contribution in [-0.4, -0.2) is 11.2 Å². The van der Waals surface area contributed by atoms with Crippen LogP contribution in [-0.2, 0) is 6.42 Å². The molecule has 0 aliphatic heterocycles. The van der Waals surface area contributed by atoms with E-state index in [1.54, 1.807) is 24.2 Å². The molecule has 17 heavy (non-hydrogen) atoms. The molecule has 4 heteroatoms. The molecule has 2 rings (SSSR count). The Bertz CT molecular complexity index is 556. The van der Waals surface area contributed by atoms with Gasteiger partial charge in [-0.3, -0.25) is 0 Å². The van der Waals surface area contributed by atoms with E-state index in [2.05, 4.69) is 11.1 Å². The van der Waals surface area contributed by atoms with Crippen LogP contribution in [0.15, 0.2) is 33.9 Å². The summed E-state index contributed by atoms with van der Waals surface area (Å²) in [6.07, 6.45) is 5.97. The minimum absolute atomic E-state index is 0.586. The molecule has 0 fully saturated rings. The zero-order chi connectivity index (χ0) is 12.3. The van der Waals surface area contributed by atoms with Crippen molar-refractivity contribution in [3.63, 3.8) is 0 Å². The third-order valence-electron chi connectivity index (χ3n) is 2.61. The van der Waals surface area contributed by atoms with E-state index < -0.39 is 0 Å². The topological polar surface area (TPSA) is 49.8 Å². The number of oxazole rings is 1. The molecular weight excluding hydrogens is 232 g/mol. The van der Waals surface area contributed by atoms with Crippen LogP contribution in [0.4, 0.5) is 0 Å². The van der Waals surface area contributed by atoms with Crippen molar-refractivity contribution in [2.75, 3.05) is 6.26 Å². The summed E-state index contributed by atoms with van der Waals surface area (Å²) in [6, 6.07) is 6.03. The van der Waals surface area contributed by atoms with Crippen LogP contribution in [0, 0.1) is 11.3 Å². The number of aromatic nitrogens is 1. The van der Waals surface area contributed by atoms with Crippen molar-refractivity contribution >= 4 is 11.8 Å². The van der Waals surface area contributed by atoms with Gasteiger partial charge in [0.25, 0.3) is 0 Å². The predicted octanol–water partition coefficient (Wildman–Crippen LogP) is 3.50. The summed E-state index contributed by atoms with van der Waals surface area (Å²) in [6.45, 7) is 2.03. The predicted molar refractivity (Wildman–Crippen MR) is 67.8 cm³/mol. The monoisotopic (exact) mass is 244 g/mol. The van der Waals surface area contributed by atoms with Gasteiger partial charge < -0.3 is 4.42 Å². The highest BCUT2D eigenvalue weighted by Crippen LogP contribution is 2.34. The van der Waals surface area contributed by atoms with Gasteiger partial charge >= 0.3 is 0 Å². The van der Waals surface area contributed by atoms with Crippen LogP contribution in [0.1, 0.15) is 18.1 Å². The van der Waals surface area contributed by atoms with Crippen molar-refractivity contribution in [2.45, 2.75) is 18.2 Å². The summed E-state index contributed by atoms with van der Waals surface area (Å²) in [7, 11) is 0. The smallest absolute Gasteiger partial charge is 0.227 e. The maximum Gasteiger partial charge on any atom is 0.227 e. The highest BCUT2D eigenvalue weighted by molar-refractivity contribution is 7.98. The second-order valence-electron chi connectivity index (χ2n) is 3.47. The van der Waals surface area contributed by atoms with Crippen molar-refractivity contribution in [3.05, 3.63) is 35.7 Å². The van der Waals surface area contributed by atoms with Gasteiger partial charge in [-0.15, -0.1) is 11.8 Å². The number of rotatable bonds is 3. The van der Waals surface area contributed by atoms with Crippen LogP contribution in [0.25, 0.3) is 11.5 Å². The Kier molecular flexibility index (Phi) is 3.50. The van der Waals surface area contributed by atoms with E-state index in [1.165, 1.54) is 0 Å². The number of thioether (sulfide) groups is 1. The molecule has 0 saturated heterocycles. The first-order chi connectivity index (χ1) is 8.31. The lowest BCUT2D eigenvalue weighted by Crippen LogP contribution is -1.95. The minimum atomic E-state index is 0.586. The van der Waals surface area contributed by atoms with Crippen LogP contribution in [0.2, 0.25) is 0 Å². The molecule has 1 aromatic heterocycles. The van der Waals surface area contributed by atoms with E-state index in [0.29, 0.717) is 11.5 Å². The Morgan fingerprint density at radius 2 is 2.29 bits per heavy atom. The highest BCUT2D eigenvalue weighted by atomic mass is 32.2. The summed E-state index contributed by atoms with van der Waals surface area (Å²) in [5.74, 6) is 0.586. The van der Waals surface area contributed by atoms with Crippen LogP contribution >= 0.6 is 11.8 Å². The van der Waals surface area contributed by atoms with E-state index in [9.17, 15) is 0 Å². The number of nitriles is 1. The maximum atomic E-state index is 9.13. The molecule has 3 nitrogen and oxygen atoms in total. The number of nitrogens with zero attached hydrogens (tertiary/aromatic N) is 2. The average molecular weight is 244 g/mol. The van der Waals surface area contributed by atoms with Gasteiger partial charge in [-0.25, -0.2) is 4.98 Å². The largest absolute Gasteiger partial charge is 0.444 e.